The molecule has 6 nitrogen and oxygen atoms in total. The average molecular weight is 453 g/mol. The number of carbonyl (C=O) groups excluding carboxylic acids is 2. The molecular weight excluding hydrogens is 427 g/mol. The molecular formula is C24H25FN4O2S. The van der Waals surface area contributed by atoms with Crippen molar-refractivity contribution in [2.75, 3.05) is 28.6 Å². The predicted octanol–water partition coefficient (Wildman–Crippen LogP) is 5.27. The maximum Gasteiger partial charge on any atom is 0.332 e. The van der Waals surface area contributed by atoms with E-state index >= 15 is 0 Å². The van der Waals surface area contributed by atoms with Crippen molar-refractivity contribution in [1.29, 1.82) is 0 Å². The molecule has 0 aliphatic carbocycles. The zero-order valence-corrected chi connectivity index (χ0v) is 18.9. The Bertz CT molecular complexity index is 1070. The Hall–Kier alpha value is -3.52. The fourth-order valence-corrected chi connectivity index (χ4v) is 3.19. The number of hydrogen-bond acceptors (Lipinski definition) is 4. The third-order valence-electron chi connectivity index (χ3n) is 4.92. The standard InChI is InChI=1S/C24H25FN4O2S/c1-16(17-4-8-19(25)9-5-17)26-24(31)29(32)22-14-10-20(11-15-22)27-23(30)18-6-12-21(13-7-18)28(2)3/h4-16,32H,1-3H3,(H,26,31)(H,27,30). The molecule has 0 saturated heterocycles. The Labute approximate surface area is 192 Å². The first-order valence-electron chi connectivity index (χ1n) is 9.98. The molecule has 0 spiro atoms. The first kappa shape index (κ1) is 23.1. The number of carbonyl (C=O) groups is 2. The summed E-state index contributed by atoms with van der Waals surface area (Å²) in [4.78, 5) is 26.9. The third-order valence-corrected chi connectivity index (χ3v) is 5.33. The van der Waals surface area contributed by atoms with E-state index in [1.54, 1.807) is 55.5 Å². The van der Waals surface area contributed by atoms with E-state index in [9.17, 15) is 14.0 Å². The van der Waals surface area contributed by atoms with Gasteiger partial charge in [-0.25, -0.2) is 13.5 Å². The summed E-state index contributed by atoms with van der Waals surface area (Å²) < 4.78 is 14.3. The van der Waals surface area contributed by atoms with Crippen LogP contribution >= 0.6 is 12.8 Å². The summed E-state index contributed by atoms with van der Waals surface area (Å²) in [6, 6.07) is 19.2. The number of urea groups is 1. The van der Waals surface area contributed by atoms with Gasteiger partial charge in [-0.15, -0.1) is 0 Å². The summed E-state index contributed by atoms with van der Waals surface area (Å²) in [6.45, 7) is 1.80. The summed E-state index contributed by atoms with van der Waals surface area (Å²) in [5, 5.41) is 5.64. The van der Waals surface area contributed by atoms with Gasteiger partial charge in [0, 0.05) is 31.0 Å². The average Bonchev–Trinajstić information content (AvgIpc) is 2.79. The minimum absolute atomic E-state index is 0.225. The van der Waals surface area contributed by atoms with Gasteiger partial charge in [0.2, 0.25) is 0 Å². The van der Waals surface area contributed by atoms with Crippen LogP contribution in [-0.2, 0) is 0 Å². The summed E-state index contributed by atoms with van der Waals surface area (Å²) in [6.07, 6.45) is 0. The molecule has 0 saturated carbocycles. The molecule has 3 amide bonds. The normalized spacial score (nSPS) is 11.4. The fourth-order valence-electron chi connectivity index (χ4n) is 3.00. The van der Waals surface area contributed by atoms with Gasteiger partial charge in [-0.1, -0.05) is 24.9 Å². The lowest BCUT2D eigenvalue weighted by Crippen LogP contribution is -2.35. The zero-order chi connectivity index (χ0) is 23.3. The van der Waals surface area contributed by atoms with Crippen LogP contribution in [0.2, 0.25) is 0 Å². The van der Waals surface area contributed by atoms with Crippen LogP contribution < -0.4 is 19.8 Å². The van der Waals surface area contributed by atoms with Crippen molar-refractivity contribution in [3.8, 4) is 0 Å². The molecule has 0 heterocycles. The lowest BCUT2D eigenvalue weighted by molar-refractivity contribution is 0.102. The van der Waals surface area contributed by atoms with Gasteiger partial charge in [0.15, 0.2) is 0 Å². The van der Waals surface area contributed by atoms with Gasteiger partial charge in [-0.3, -0.25) is 4.79 Å². The summed E-state index contributed by atoms with van der Waals surface area (Å²) in [7, 11) is 3.87. The Balaban J connectivity index is 1.59. The number of benzene rings is 3. The van der Waals surface area contributed by atoms with E-state index in [0.29, 0.717) is 16.9 Å². The second-order valence-electron chi connectivity index (χ2n) is 7.48. The van der Waals surface area contributed by atoms with Crippen LogP contribution in [0.15, 0.2) is 72.8 Å². The minimum atomic E-state index is -0.428. The molecule has 32 heavy (non-hydrogen) atoms. The molecule has 166 valence electrons. The topological polar surface area (TPSA) is 64.7 Å². The highest BCUT2D eigenvalue weighted by molar-refractivity contribution is 7.82. The van der Waals surface area contributed by atoms with Crippen molar-refractivity contribution in [2.45, 2.75) is 13.0 Å². The van der Waals surface area contributed by atoms with Gasteiger partial charge in [-0.2, -0.15) is 0 Å². The lowest BCUT2D eigenvalue weighted by atomic mass is 10.1. The van der Waals surface area contributed by atoms with E-state index in [1.807, 2.05) is 31.1 Å². The Morgan fingerprint density at radius 3 is 2.00 bits per heavy atom. The van der Waals surface area contributed by atoms with Gasteiger partial charge < -0.3 is 15.5 Å². The van der Waals surface area contributed by atoms with E-state index in [1.165, 1.54) is 16.4 Å². The van der Waals surface area contributed by atoms with E-state index in [2.05, 4.69) is 23.4 Å². The van der Waals surface area contributed by atoms with Crippen LogP contribution in [0.4, 0.5) is 26.2 Å². The molecule has 0 aliphatic rings. The third kappa shape index (κ3) is 5.79. The van der Waals surface area contributed by atoms with Gasteiger partial charge in [0.05, 0.1) is 11.7 Å². The smallest absolute Gasteiger partial charge is 0.332 e. The predicted molar refractivity (Wildman–Crippen MR) is 130 cm³/mol. The molecule has 0 bridgehead atoms. The number of hydrogen-bond donors (Lipinski definition) is 3. The highest BCUT2D eigenvalue weighted by Gasteiger charge is 2.16. The van der Waals surface area contributed by atoms with Crippen molar-refractivity contribution in [3.63, 3.8) is 0 Å². The van der Waals surface area contributed by atoms with Crippen LogP contribution in [0.1, 0.15) is 28.9 Å². The molecule has 8 heteroatoms. The molecule has 0 aromatic heterocycles. The first-order chi connectivity index (χ1) is 15.2. The number of rotatable bonds is 6. The second-order valence-corrected chi connectivity index (χ2v) is 7.88. The quantitative estimate of drug-likeness (QED) is 0.447. The van der Waals surface area contributed by atoms with E-state index in [-0.39, 0.29) is 17.8 Å². The number of nitrogens with zero attached hydrogens (tertiary/aromatic N) is 2. The Morgan fingerprint density at radius 1 is 0.875 bits per heavy atom. The SMILES string of the molecule is CC(NC(=O)N(S)c1ccc(NC(=O)c2ccc(N(C)C)cc2)cc1)c1ccc(F)cc1. The highest BCUT2D eigenvalue weighted by atomic mass is 32.1. The lowest BCUT2D eigenvalue weighted by Gasteiger charge is -2.21. The van der Waals surface area contributed by atoms with Crippen LogP contribution in [0, 0.1) is 5.82 Å². The molecule has 0 aliphatic heterocycles. The van der Waals surface area contributed by atoms with Crippen LogP contribution in [0.5, 0.6) is 0 Å². The van der Waals surface area contributed by atoms with Crippen LogP contribution in [0.25, 0.3) is 0 Å². The molecule has 3 aromatic carbocycles. The molecule has 0 fully saturated rings. The van der Waals surface area contributed by atoms with Crippen molar-refractivity contribution < 1.29 is 14.0 Å². The van der Waals surface area contributed by atoms with Gasteiger partial charge in [0.25, 0.3) is 5.91 Å². The van der Waals surface area contributed by atoms with E-state index in [0.717, 1.165) is 11.3 Å². The van der Waals surface area contributed by atoms with Gasteiger partial charge >= 0.3 is 6.03 Å². The summed E-state index contributed by atoms with van der Waals surface area (Å²) in [5.74, 6) is -0.558. The van der Waals surface area contributed by atoms with Gasteiger partial charge in [-0.05, 0) is 73.2 Å². The number of amides is 3. The molecule has 2 N–H and O–H groups in total. The van der Waals surface area contributed by atoms with Crippen LogP contribution in [-0.4, -0.2) is 26.0 Å². The Morgan fingerprint density at radius 2 is 1.44 bits per heavy atom. The molecule has 0 radical (unpaired) electrons. The van der Waals surface area contributed by atoms with Crippen molar-refractivity contribution >= 4 is 41.8 Å². The van der Waals surface area contributed by atoms with Crippen molar-refractivity contribution in [2.24, 2.45) is 0 Å². The summed E-state index contributed by atoms with van der Waals surface area (Å²) >= 11 is 4.28. The molecule has 1 atom stereocenters. The number of anilines is 3. The molecule has 1 unspecified atom stereocenters. The largest absolute Gasteiger partial charge is 0.378 e. The van der Waals surface area contributed by atoms with Crippen LogP contribution in [0.3, 0.4) is 0 Å². The monoisotopic (exact) mass is 452 g/mol. The van der Waals surface area contributed by atoms with Crippen molar-refractivity contribution in [1.82, 2.24) is 5.32 Å². The van der Waals surface area contributed by atoms with E-state index < -0.39 is 6.03 Å². The number of nitrogens with one attached hydrogen (secondary N) is 2. The first-order valence-corrected chi connectivity index (χ1v) is 10.4. The second kappa shape index (κ2) is 10.2. The zero-order valence-electron chi connectivity index (χ0n) is 18.0. The number of halogens is 1. The molecule has 3 aromatic rings. The highest BCUT2D eigenvalue weighted by Crippen LogP contribution is 2.22. The van der Waals surface area contributed by atoms with E-state index in [4.69, 9.17) is 0 Å². The van der Waals surface area contributed by atoms with Gasteiger partial charge in [0.1, 0.15) is 5.82 Å². The minimum Gasteiger partial charge on any atom is -0.378 e. The van der Waals surface area contributed by atoms with Crippen molar-refractivity contribution in [3.05, 3.63) is 89.7 Å². The fraction of sp³-hybridized carbons (Fsp3) is 0.167. The molecule has 3 rings (SSSR count). The number of thiol groups is 1. The maximum atomic E-state index is 13.1. The Kier molecular flexibility index (Phi) is 7.37. The maximum absolute atomic E-state index is 13.1. The summed E-state index contributed by atoms with van der Waals surface area (Å²) in [5.41, 5.74) is 3.46.